The maximum absolute atomic E-state index is 10.1. The minimum absolute atomic E-state index is 0.189. The van der Waals surface area contributed by atoms with Crippen molar-refractivity contribution >= 4 is 10.1 Å². The van der Waals surface area contributed by atoms with E-state index in [1.807, 2.05) is 0 Å². The molecule has 0 N–H and O–H groups in total. The minimum atomic E-state index is -4.07. The van der Waals surface area contributed by atoms with Crippen molar-refractivity contribution in [3.05, 3.63) is 0 Å². The summed E-state index contributed by atoms with van der Waals surface area (Å²) in [4.78, 5) is 0. The fourth-order valence-corrected chi connectivity index (χ4v) is 1.19. The Labute approximate surface area is 71.4 Å². The molecule has 72 valence electrons. The zero-order valence-electron chi connectivity index (χ0n) is 6.56. The van der Waals surface area contributed by atoms with Gasteiger partial charge in [-0.1, -0.05) is 0 Å². The summed E-state index contributed by atoms with van der Waals surface area (Å²) in [7, 11) is -4.07. The van der Waals surface area contributed by atoms with E-state index in [9.17, 15) is 13.0 Å². The van der Waals surface area contributed by atoms with Crippen LogP contribution in [-0.4, -0.2) is 44.6 Å². The van der Waals surface area contributed by atoms with Crippen LogP contribution in [0.4, 0.5) is 0 Å². The summed E-state index contributed by atoms with van der Waals surface area (Å²) in [6.07, 6.45) is 0.451. The first-order valence-corrected chi connectivity index (χ1v) is 5.28. The maximum Gasteiger partial charge on any atom is 0.104 e. The van der Waals surface area contributed by atoms with Gasteiger partial charge in [0.25, 0.3) is 0 Å². The topological polar surface area (TPSA) is 79.0 Å². The van der Waals surface area contributed by atoms with Crippen molar-refractivity contribution in [2.45, 2.75) is 12.5 Å². The molecule has 6 heteroatoms. The molecular formula is C6H11O5S-. The molecule has 0 aromatic rings. The van der Waals surface area contributed by atoms with Gasteiger partial charge in [-0.25, -0.2) is 8.42 Å². The fourth-order valence-electron chi connectivity index (χ4n) is 0.717. The molecule has 0 aromatic carbocycles. The van der Waals surface area contributed by atoms with Crippen molar-refractivity contribution in [1.29, 1.82) is 0 Å². The molecule has 1 aliphatic rings. The van der Waals surface area contributed by atoms with Gasteiger partial charge in [0.15, 0.2) is 0 Å². The van der Waals surface area contributed by atoms with E-state index in [-0.39, 0.29) is 18.3 Å². The van der Waals surface area contributed by atoms with Gasteiger partial charge in [-0.2, -0.15) is 0 Å². The van der Waals surface area contributed by atoms with E-state index in [1.54, 1.807) is 0 Å². The zero-order valence-corrected chi connectivity index (χ0v) is 7.38. The van der Waals surface area contributed by atoms with Crippen LogP contribution in [0.5, 0.6) is 0 Å². The summed E-state index contributed by atoms with van der Waals surface area (Å²) < 4.78 is 40.2. The maximum atomic E-state index is 10.1. The number of hydrogen-bond donors (Lipinski definition) is 0. The largest absolute Gasteiger partial charge is 0.748 e. The molecule has 0 spiro atoms. The van der Waals surface area contributed by atoms with E-state index in [1.165, 1.54) is 0 Å². The summed E-state index contributed by atoms with van der Waals surface area (Å²) in [5, 5.41) is 0. The number of rotatable bonds is 6. The summed E-state index contributed by atoms with van der Waals surface area (Å²) in [5.74, 6) is -0.349. The second-order valence-corrected chi connectivity index (χ2v) is 4.17. The van der Waals surface area contributed by atoms with Crippen molar-refractivity contribution in [3.8, 4) is 0 Å². The standard InChI is InChI=1S/C6H12O5S/c7-12(8,9)3-1-2-10-4-6-5-11-6/h6H,1-5H2,(H,7,8,9)/p-1. The molecule has 1 saturated heterocycles. The van der Waals surface area contributed by atoms with Crippen LogP contribution in [0.3, 0.4) is 0 Å². The molecule has 1 heterocycles. The van der Waals surface area contributed by atoms with Crippen molar-refractivity contribution in [2.75, 3.05) is 25.6 Å². The quantitative estimate of drug-likeness (QED) is 0.319. The first kappa shape index (κ1) is 9.91. The lowest BCUT2D eigenvalue weighted by Crippen LogP contribution is -2.09. The second kappa shape index (κ2) is 4.18. The van der Waals surface area contributed by atoms with Gasteiger partial charge in [-0.15, -0.1) is 0 Å². The molecule has 0 bridgehead atoms. The van der Waals surface area contributed by atoms with E-state index in [0.29, 0.717) is 13.2 Å². The van der Waals surface area contributed by atoms with Crippen LogP contribution in [0.25, 0.3) is 0 Å². The highest BCUT2D eigenvalue weighted by molar-refractivity contribution is 7.85. The van der Waals surface area contributed by atoms with E-state index < -0.39 is 10.1 Å². The lowest BCUT2D eigenvalue weighted by molar-refractivity contribution is 0.117. The number of hydrogen-bond acceptors (Lipinski definition) is 5. The summed E-state index contributed by atoms with van der Waals surface area (Å²) >= 11 is 0. The van der Waals surface area contributed by atoms with Gasteiger partial charge >= 0.3 is 0 Å². The van der Waals surface area contributed by atoms with Crippen LogP contribution >= 0.6 is 0 Å². The van der Waals surface area contributed by atoms with Crippen LogP contribution in [0.2, 0.25) is 0 Å². The smallest absolute Gasteiger partial charge is 0.104 e. The van der Waals surface area contributed by atoms with Gasteiger partial charge < -0.3 is 14.0 Å². The zero-order chi connectivity index (χ0) is 9.03. The van der Waals surface area contributed by atoms with Gasteiger partial charge in [-0.3, -0.25) is 0 Å². The molecule has 0 radical (unpaired) electrons. The third-order valence-electron chi connectivity index (χ3n) is 1.39. The Hall–Kier alpha value is -0.170. The SMILES string of the molecule is O=S(=O)([O-])CCCOCC1CO1. The van der Waals surface area contributed by atoms with E-state index in [4.69, 9.17) is 9.47 Å². The monoisotopic (exact) mass is 195 g/mol. The predicted molar refractivity (Wildman–Crippen MR) is 39.7 cm³/mol. The third-order valence-corrected chi connectivity index (χ3v) is 2.18. The second-order valence-electron chi connectivity index (χ2n) is 2.65. The molecule has 0 aliphatic carbocycles. The van der Waals surface area contributed by atoms with Crippen LogP contribution in [-0.2, 0) is 19.6 Å². The molecule has 1 atom stereocenters. The highest BCUT2D eigenvalue weighted by Gasteiger charge is 2.21. The summed E-state index contributed by atoms with van der Waals surface area (Å²) in [6.45, 7) is 1.53. The molecule has 1 aliphatic heterocycles. The molecule has 0 aromatic heterocycles. The lowest BCUT2D eigenvalue weighted by atomic mass is 10.5. The van der Waals surface area contributed by atoms with Crippen molar-refractivity contribution in [3.63, 3.8) is 0 Å². The Balaban J connectivity index is 1.88. The van der Waals surface area contributed by atoms with Crippen molar-refractivity contribution in [1.82, 2.24) is 0 Å². The summed E-state index contributed by atoms with van der Waals surface area (Å²) in [6, 6.07) is 0. The predicted octanol–water partition coefficient (Wildman–Crippen LogP) is -0.663. The van der Waals surface area contributed by atoms with E-state index in [0.717, 1.165) is 6.61 Å². The fraction of sp³-hybridized carbons (Fsp3) is 1.00. The van der Waals surface area contributed by atoms with Crippen LogP contribution in [0, 0.1) is 0 Å². The van der Waals surface area contributed by atoms with Gasteiger partial charge in [0.05, 0.1) is 23.3 Å². The van der Waals surface area contributed by atoms with Gasteiger partial charge in [0, 0.05) is 12.4 Å². The highest BCUT2D eigenvalue weighted by atomic mass is 32.2. The third kappa shape index (κ3) is 5.48. The molecule has 5 nitrogen and oxygen atoms in total. The Bertz CT molecular complexity index is 218. The molecular weight excluding hydrogens is 184 g/mol. The Morgan fingerprint density at radius 3 is 2.75 bits per heavy atom. The average Bonchev–Trinajstić information content (AvgIpc) is 2.68. The van der Waals surface area contributed by atoms with Crippen LogP contribution < -0.4 is 0 Å². The molecule has 1 fully saturated rings. The van der Waals surface area contributed by atoms with Crippen molar-refractivity contribution < 1.29 is 22.4 Å². The number of ether oxygens (including phenoxy) is 2. The highest BCUT2D eigenvalue weighted by Crippen LogP contribution is 2.08. The van der Waals surface area contributed by atoms with E-state index >= 15 is 0 Å². The first-order chi connectivity index (χ1) is 5.58. The molecule has 12 heavy (non-hydrogen) atoms. The summed E-state index contributed by atoms with van der Waals surface area (Å²) in [5.41, 5.74) is 0. The van der Waals surface area contributed by atoms with Gasteiger partial charge in [0.2, 0.25) is 0 Å². The Morgan fingerprint density at radius 2 is 2.25 bits per heavy atom. The first-order valence-electron chi connectivity index (χ1n) is 3.71. The van der Waals surface area contributed by atoms with Gasteiger partial charge in [-0.05, 0) is 6.42 Å². The average molecular weight is 195 g/mol. The van der Waals surface area contributed by atoms with Gasteiger partial charge in [0.1, 0.15) is 6.10 Å². The Kier molecular flexibility index (Phi) is 3.45. The normalized spacial score (nSPS) is 22.6. The molecule has 0 amide bonds. The Morgan fingerprint density at radius 1 is 1.58 bits per heavy atom. The van der Waals surface area contributed by atoms with Crippen LogP contribution in [0.15, 0.2) is 0 Å². The molecule has 1 rings (SSSR count). The van der Waals surface area contributed by atoms with E-state index in [2.05, 4.69) is 0 Å². The lowest BCUT2D eigenvalue weighted by Gasteiger charge is -2.05. The number of epoxide rings is 1. The molecule has 1 unspecified atom stereocenters. The van der Waals surface area contributed by atoms with Crippen LogP contribution in [0.1, 0.15) is 6.42 Å². The van der Waals surface area contributed by atoms with Crippen molar-refractivity contribution in [2.24, 2.45) is 0 Å². The minimum Gasteiger partial charge on any atom is -0.748 e. The molecule has 0 saturated carbocycles.